The monoisotopic (exact) mass is 549 g/mol. The molecular formula is C30H23N5O4S. The second-order valence-corrected chi connectivity index (χ2v) is 9.96. The lowest BCUT2D eigenvalue weighted by molar-refractivity contribution is 0.0693. The Hall–Kier alpha value is -5.09. The van der Waals surface area contributed by atoms with Gasteiger partial charge in [0.05, 0.1) is 24.0 Å². The third-order valence-electron chi connectivity index (χ3n) is 6.76. The van der Waals surface area contributed by atoms with E-state index in [-0.39, 0.29) is 22.9 Å². The highest BCUT2D eigenvalue weighted by molar-refractivity contribution is 7.16. The maximum atomic E-state index is 14.4. The van der Waals surface area contributed by atoms with Gasteiger partial charge in [0.15, 0.2) is 5.82 Å². The lowest BCUT2D eigenvalue weighted by Crippen LogP contribution is -2.26. The summed E-state index contributed by atoms with van der Waals surface area (Å²) in [5.74, 6) is -0.277. The SMILES string of the molecule is COc1cc(-c2cccc3cc([C@H](C)Nc4ncnc5scnc45)n(-c4ccccc4)c(=O)c23)ccc1C(=O)O. The van der Waals surface area contributed by atoms with Crippen molar-refractivity contribution < 1.29 is 14.6 Å². The first kappa shape index (κ1) is 25.2. The first-order valence-corrected chi connectivity index (χ1v) is 13.3. The van der Waals surface area contributed by atoms with E-state index < -0.39 is 5.97 Å². The molecule has 40 heavy (non-hydrogen) atoms. The van der Waals surface area contributed by atoms with E-state index in [0.29, 0.717) is 33.5 Å². The number of pyridine rings is 1. The maximum absolute atomic E-state index is 14.4. The molecule has 1 atom stereocenters. The summed E-state index contributed by atoms with van der Waals surface area (Å²) in [5.41, 5.74) is 5.05. The second kappa shape index (κ2) is 10.2. The van der Waals surface area contributed by atoms with Crippen molar-refractivity contribution in [2.45, 2.75) is 13.0 Å². The molecule has 9 nitrogen and oxygen atoms in total. The van der Waals surface area contributed by atoms with Crippen LogP contribution in [-0.4, -0.2) is 37.7 Å². The zero-order chi connectivity index (χ0) is 27.8. The number of aromatic nitrogens is 4. The van der Waals surface area contributed by atoms with Crippen LogP contribution >= 0.6 is 11.3 Å². The van der Waals surface area contributed by atoms with Crippen molar-refractivity contribution in [3.05, 3.63) is 106 Å². The van der Waals surface area contributed by atoms with Gasteiger partial charge in [-0.2, -0.15) is 0 Å². The van der Waals surface area contributed by atoms with E-state index in [1.165, 1.54) is 30.8 Å². The van der Waals surface area contributed by atoms with Crippen molar-refractivity contribution in [1.82, 2.24) is 19.5 Å². The number of carboxylic acid groups (broad SMARTS) is 1. The number of benzene rings is 3. The summed E-state index contributed by atoms with van der Waals surface area (Å²) in [6.45, 7) is 1.97. The molecule has 0 bridgehead atoms. The molecule has 0 unspecified atom stereocenters. The molecule has 6 aromatic rings. The van der Waals surface area contributed by atoms with Gasteiger partial charge in [0, 0.05) is 11.4 Å². The number of hydrogen-bond donors (Lipinski definition) is 2. The van der Waals surface area contributed by atoms with Gasteiger partial charge >= 0.3 is 5.97 Å². The summed E-state index contributed by atoms with van der Waals surface area (Å²) in [5, 5.41) is 14.2. The van der Waals surface area contributed by atoms with Gasteiger partial charge in [-0.1, -0.05) is 42.5 Å². The van der Waals surface area contributed by atoms with Crippen molar-refractivity contribution in [3.8, 4) is 22.6 Å². The Balaban J connectivity index is 1.56. The Bertz CT molecular complexity index is 1950. The molecule has 198 valence electrons. The summed E-state index contributed by atoms with van der Waals surface area (Å²) < 4.78 is 7.05. The van der Waals surface area contributed by atoms with Crippen LogP contribution in [0, 0.1) is 0 Å². The number of aromatic carboxylic acids is 1. The number of ether oxygens (including phenoxy) is 1. The Morgan fingerprint density at radius 2 is 1.85 bits per heavy atom. The quantitative estimate of drug-likeness (QED) is 0.251. The van der Waals surface area contributed by atoms with Crippen LogP contribution in [0.3, 0.4) is 0 Å². The smallest absolute Gasteiger partial charge is 0.339 e. The molecule has 3 aromatic heterocycles. The predicted molar refractivity (Wildman–Crippen MR) is 156 cm³/mol. The van der Waals surface area contributed by atoms with E-state index in [0.717, 1.165) is 15.9 Å². The standard InChI is InChI=1S/C30H23N5O4S/c1-17(34-27-26-28(32-15-31-27)40-16-33-26)23-13-19-7-6-10-21(18-11-12-22(30(37)38)24(14-18)39-2)25(19)29(36)35(23)20-8-4-3-5-9-20/h3-17H,1-2H3,(H,37,38)(H,31,32,34)/t17-/m0/s1. The Labute approximate surface area is 232 Å². The molecule has 0 saturated carbocycles. The minimum absolute atomic E-state index is 0.0503. The highest BCUT2D eigenvalue weighted by atomic mass is 32.1. The average Bonchev–Trinajstić information content (AvgIpc) is 3.47. The highest BCUT2D eigenvalue weighted by Gasteiger charge is 2.21. The third-order valence-corrected chi connectivity index (χ3v) is 7.50. The van der Waals surface area contributed by atoms with Gasteiger partial charge in [0.25, 0.3) is 5.56 Å². The number of hydrogen-bond acceptors (Lipinski definition) is 8. The van der Waals surface area contributed by atoms with Crippen molar-refractivity contribution >= 4 is 44.2 Å². The minimum Gasteiger partial charge on any atom is -0.496 e. The minimum atomic E-state index is -1.09. The second-order valence-electron chi connectivity index (χ2n) is 9.13. The zero-order valence-electron chi connectivity index (χ0n) is 21.5. The Morgan fingerprint density at radius 1 is 1.02 bits per heavy atom. The molecule has 0 spiro atoms. The molecule has 0 aliphatic rings. The highest BCUT2D eigenvalue weighted by Crippen LogP contribution is 2.33. The van der Waals surface area contributed by atoms with Gasteiger partial charge < -0.3 is 15.2 Å². The van der Waals surface area contributed by atoms with Gasteiger partial charge in [0.1, 0.15) is 28.0 Å². The molecular weight excluding hydrogens is 526 g/mol. The summed E-state index contributed by atoms with van der Waals surface area (Å²) >= 11 is 1.43. The Kier molecular flexibility index (Phi) is 6.45. The van der Waals surface area contributed by atoms with Gasteiger partial charge in [0.2, 0.25) is 0 Å². The number of fused-ring (bicyclic) bond motifs is 2. The number of nitrogens with one attached hydrogen (secondary N) is 1. The largest absolute Gasteiger partial charge is 0.496 e. The maximum Gasteiger partial charge on any atom is 0.339 e. The van der Waals surface area contributed by atoms with Crippen LogP contribution in [0.1, 0.15) is 29.0 Å². The van der Waals surface area contributed by atoms with E-state index in [9.17, 15) is 14.7 Å². The van der Waals surface area contributed by atoms with Crippen molar-refractivity contribution in [2.24, 2.45) is 0 Å². The molecule has 0 aliphatic carbocycles. The van der Waals surface area contributed by atoms with Crippen LogP contribution in [0.5, 0.6) is 5.75 Å². The molecule has 6 rings (SSSR count). The number of anilines is 1. The fourth-order valence-corrected chi connectivity index (χ4v) is 5.53. The first-order chi connectivity index (χ1) is 19.5. The average molecular weight is 550 g/mol. The van der Waals surface area contributed by atoms with E-state index in [1.807, 2.05) is 61.5 Å². The first-order valence-electron chi connectivity index (χ1n) is 12.4. The van der Waals surface area contributed by atoms with Crippen molar-refractivity contribution in [3.63, 3.8) is 0 Å². The number of carbonyl (C=O) groups is 1. The van der Waals surface area contributed by atoms with Crippen LogP contribution in [0.2, 0.25) is 0 Å². The fourth-order valence-electron chi connectivity index (χ4n) is 4.90. The normalized spacial score (nSPS) is 11.9. The van der Waals surface area contributed by atoms with Crippen molar-refractivity contribution in [1.29, 1.82) is 0 Å². The van der Waals surface area contributed by atoms with Gasteiger partial charge in [-0.3, -0.25) is 9.36 Å². The lowest BCUT2D eigenvalue weighted by Gasteiger charge is -2.22. The number of thiazole rings is 1. The number of methoxy groups -OCH3 is 1. The molecule has 0 amide bonds. The fraction of sp³-hybridized carbons (Fsp3) is 0.100. The van der Waals surface area contributed by atoms with Crippen LogP contribution < -0.4 is 15.6 Å². The number of nitrogens with zero attached hydrogens (tertiary/aromatic N) is 4. The number of carboxylic acids is 1. The van der Waals surface area contributed by atoms with Crippen LogP contribution in [0.25, 0.3) is 37.9 Å². The Morgan fingerprint density at radius 3 is 2.62 bits per heavy atom. The van der Waals surface area contributed by atoms with E-state index in [2.05, 4.69) is 20.3 Å². The summed E-state index contributed by atoms with van der Waals surface area (Å²) in [6, 6.07) is 21.6. The topological polar surface area (TPSA) is 119 Å². The number of rotatable bonds is 7. The molecule has 3 heterocycles. The molecule has 0 fully saturated rings. The van der Waals surface area contributed by atoms with Crippen molar-refractivity contribution in [2.75, 3.05) is 12.4 Å². The van der Waals surface area contributed by atoms with E-state index >= 15 is 0 Å². The molecule has 0 aliphatic heterocycles. The molecule has 0 saturated heterocycles. The van der Waals surface area contributed by atoms with Crippen LogP contribution in [-0.2, 0) is 0 Å². The van der Waals surface area contributed by atoms with E-state index in [1.54, 1.807) is 22.2 Å². The molecule has 3 aromatic carbocycles. The lowest BCUT2D eigenvalue weighted by atomic mass is 9.96. The number of para-hydroxylation sites is 1. The molecule has 10 heteroatoms. The molecule has 0 radical (unpaired) electrons. The molecule has 2 N–H and O–H groups in total. The summed E-state index contributed by atoms with van der Waals surface area (Å²) in [4.78, 5) is 39.9. The van der Waals surface area contributed by atoms with Gasteiger partial charge in [-0.15, -0.1) is 11.3 Å². The summed E-state index contributed by atoms with van der Waals surface area (Å²) in [6.07, 6.45) is 1.50. The van der Waals surface area contributed by atoms with Crippen LogP contribution in [0.15, 0.2) is 89.4 Å². The predicted octanol–water partition coefficient (Wildman–Crippen LogP) is 5.94. The zero-order valence-corrected chi connectivity index (χ0v) is 22.3. The van der Waals surface area contributed by atoms with Gasteiger partial charge in [-0.05, 0) is 53.8 Å². The third kappa shape index (κ3) is 4.34. The van der Waals surface area contributed by atoms with Crippen LogP contribution in [0.4, 0.5) is 5.82 Å². The summed E-state index contributed by atoms with van der Waals surface area (Å²) in [7, 11) is 1.43. The van der Waals surface area contributed by atoms with Gasteiger partial charge in [-0.25, -0.2) is 19.7 Å². The van der Waals surface area contributed by atoms with E-state index in [4.69, 9.17) is 4.74 Å².